The number of nitrogens with zero attached hydrogens (tertiary/aromatic N) is 1. The average Bonchev–Trinajstić information content (AvgIpc) is 2.44. The number of phenolic OH excluding ortho intramolecular Hbond substituents is 1. The molecule has 0 saturated carbocycles. The van der Waals surface area contributed by atoms with Gasteiger partial charge in [0.05, 0.1) is 4.47 Å². The molecule has 2 aromatic rings. The maximum absolute atomic E-state index is 11.9. The van der Waals surface area contributed by atoms with Gasteiger partial charge in [-0.05, 0) is 59.1 Å². The number of aromatic hydroxyl groups is 1. The van der Waals surface area contributed by atoms with Gasteiger partial charge in [-0.25, -0.2) is 0 Å². The fraction of sp³-hybridized carbons (Fsp3) is 0.200. The van der Waals surface area contributed by atoms with Gasteiger partial charge in [0.25, 0.3) is 5.91 Å². The van der Waals surface area contributed by atoms with Gasteiger partial charge in [-0.3, -0.25) is 9.78 Å². The van der Waals surface area contributed by atoms with Crippen molar-refractivity contribution in [3.8, 4) is 5.75 Å². The summed E-state index contributed by atoms with van der Waals surface area (Å²) in [7, 11) is 0. The minimum atomic E-state index is -0.201. The number of phenols is 1. The zero-order chi connectivity index (χ0) is 14.5. The van der Waals surface area contributed by atoms with Crippen molar-refractivity contribution in [2.45, 2.75) is 13.3 Å². The molecule has 1 heterocycles. The highest BCUT2D eigenvalue weighted by Gasteiger charge is 2.07. The van der Waals surface area contributed by atoms with E-state index in [9.17, 15) is 9.90 Å². The summed E-state index contributed by atoms with van der Waals surface area (Å²) >= 11 is 3.18. The number of carbonyl (C=O) groups excluding carboxylic acids is 1. The van der Waals surface area contributed by atoms with Gasteiger partial charge in [-0.15, -0.1) is 0 Å². The molecule has 4 nitrogen and oxygen atoms in total. The second-order valence-electron chi connectivity index (χ2n) is 4.48. The molecule has 0 aliphatic heterocycles. The Hall–Kier alpha value is -1.88. The summed E-state index contributed by atoms with van der Waals surface area (Å²) in [6, 6.07) is 8.69. The Bertz CT molecular complexity index is 612. The highest BCUT2D eigenvalue weighted by molar-refractivity contribution is 9.10. The first kappa shape index (κ1) is 14.5. The lowest BCUT2D eigenvalue weighted by atomic mass is 10.2. The molecular formula is C15H15BrN2O2. The van der Waals surface area contributed by atoms with E-state index in [4.69, 9.17) is 0 Å². The monoisotopic (exact) mass is 334 g/mol. The lowest BCUT2D eigenvalue weighted by Crippen LogP contribution is -2.25. The first-order valence-corrected chi connectivity index (χ1v) is 7.04. The van der Waals surface area contributed by atoms with Crippen LogP contribution >= 0.6 is 15.9 Å². The Labute approximate surface area is 126 Å². The fourth-order valence-corrected chi connectivity index (χ4v) is 1.97. The molecule has 2 rings (SSSR count). The van der Waals surface area contributed by atoms with Crippen molar-refractivity contribution in [2.75, 3.05) is 6.54 Å². The van der Waals surface area contributed by atoms with Crippen LogP contribution in [0.15, 0.2) is 41.0 Å². The Kier molecular flexibility index (Phi) is 4.74. The Morgan fingerprint density at radius 1 is 1.35 bits per heavy atom. The summed E-state index contributed by atoms with van der Waals surface area (Å²) in [5, 5.41) is 12.4. The molecule has 0 bridgehead atoms. The van der Waals surface area contributed by atoms with Gasteiger partial charge in [0.1, 0.15) is 5.75 Å². The molecule has 0 fully saturated rings. The van der Waals surface area contributed by atoms with Crippen LogP contribution in [0.3, 0.4) is 0 Å². The second kappa shape index (κ2) is 6.52. The lowest BCUT2D eigenvalue weighted by Gasteiger charge is -2.06. The molecule has 0 spiro atoms. The summed E-state index contributed by atoms with van der Waals surface area (Å²) in [6.07, 6.45) is 2.54. The van der Waals surface area contributed by atoms with Crippen LogP contribution in [0.4, 0.5) is 0 Å². The number of benzene rings is 1. The third-order valence-electron chi connectivity index (χ3n) is 2.88. The molecule has 0 atom stereocenters. The van der Waals surface area contributed by atoms with Crippen molar-refractivity contribution in [3.05, 3.63) is 57.8 Å². The third kappa shape index (κ3) is 3.81. The molecule has 0 aliphatic rings. The number of rotatable bonds is 4. The first-order chi connectivity index (χ1) is 9.56. The fourth-order valence-electron chi connectivity index (χ4n) is 1.72. The highest BCUT2D eigenvalue weighted by atomic mass is 79.9. The Morgan fingerprint density at radius 3 is 2.80 bits per heavy atom. The van der Waals surface area contributed by atoms with Crippen LogP contribution < -0.4 is 5.32 Å². The van der Waals surface area contributed by atoms with E-state index in [0.717, 1.165) is 17.7 Å². The molecule has 0 aliphatic carbocycles. The van der Waals surface area contributed by atoms with Crippen molar-refractivity contribution < 1.29 is 9.90 Å². The van der Waals surface area contributed by atoms with Gasteiger partial charge in [-0.1, -0.05) is 6.07 Å². The topological polar surface area (TPSA) is 62.2 Å². The summed E-state index contributed by atoms with van der Waals surface area (Å²) < 4.78 is 0.569. The van der Waals surface area contributed by atoms with Gasteiger partial charge < -0.3 is 10.4 Å². The van der Waals surface area contributed by atoms with Crippen molar-refractivity contribution in [1.29, 1.82) is 0 Å². The number of aromatic nitrogens is 1. The van der Waals surface area contributed by atoms with Crippen LogP contribution in [0.25, 0.3) is 0 Å². The summed E-state index contributed by atoms with van der Waals surface area (Å²) in [4.78, 5) is 16.1. The highest BCUT2D eigenvalue weighted by Crippen LogP contribution is 2.24. The molecule has 0 saturated heterocycles. The van der Waals surface area contributed by atoms with Gasteiger partial charge >= 0.3 is 0 Å². The van der Waals surface area contributed by atoms with E-state index >= 15 is 0 Å². The van der Waals surface area contributed by atoms with Crippen LogP contribution in [-0.4, -0.2) is 22.5 Å². The van der Waals surface area contributed by atoms with Crippen molar-refractivity contribution in [1.82, 2.24) is 10.3 Å². The molecule has 1 amide bonds. The number of carbonyl (C=O) groups is 1. The van der Waals surface area contributed by atoms with Gasteiger partial charge in [-0.2, -0.15) is 0 Å². The summed E-state index contributed by atoms with van der Waals surface area (Å²) in [5.41, 5.74) is 2.49. The zero-order valence-corrected chi connectivity index (χ0v) is 12.6. The number of aryl methyl sites for hydroxylation is 1. The van der Waals surface area contributed by atoms with Crippen LogP contribution in [0.2, 0.25) is 0 Å². The number of nitrogens with one attached hydrogen (secondary N) is 1. The number of hydrogen-bond donors (Lipinski definition) is 2. The number of hydrogen-bond acceptors (Lipinski definition) is 3. The minimum absolute atomic E-state index is 0.0559. The predicted molar refractivity (Wildman–Crippen MR) is 80.8 cm³/mol. The molecule has 104 valence electrons. The molecule has 5 heteroatoms. The average molecular weight is 335 g/mol. The second-order valence-corrected chi connectivity index (χ2v) is 5.33. The molecule has 1 aromatic carbocycles. The quantitative estimate of drug-likeness (QED) is 0.903. The largest absolute Gasteiger partial charge is 0.507 e. The van der Waals surface area contributed by atoms with E-state index in [1.807, 2.05) is 25.3 Å². The Morgan fingerprint density at radius 2 is 2.15 bits per heavy atom. The van der Waals surface area contributed by atoms with E-state index < -0.39 is 0 Å². The van der Waals surface area contributed by atoms with Crippen LogP contribution in [0, 0.1) is 6.92 Å². The van der Waals surface area contributed by atoms with Crippen molar-refractivity contribution >= 4 is 21.8 Å². The first-order valence-electron chi connectivity index (χ1n) is 6.24. The van der Waals surface area contributed by atoms with E-state index in [2.05, 4.69) is 26.2 Å². The van der Waals surface area contributed by atoms with Gasteiger partial charge in [0, 0.05) is 24.0 Å². The number of halogens is 1. The standard InChI is InChI=1S/C15H15BrN2O2/c1-10-2-3-11(9-18-10)6-7-17-15(20)12-4-5-13(16)14(19)8-12/h2-5,8-9,19H,6-7H2,1H3,(H,17,20). The number of pyridine rings is 1. The van der Waals surface area contributed by atoms with E-state index in [0.29, 0.717) is 16.6 Å². The smallest absolute Gasteiger partial charge is 0.251 e. The summed E-state index contributed by atoms with van der Waals surface area (Å²) in [6.45, 7) is 2.46. The van der Waals surface area contributed by atoms with Crippen LogP contribution in [-0.2, 0) is 6.42 Å². The van der Waals surface area contributed by atoms with Gasteiger partial charge in [0.2, 0.25) is 0 Å². The van der Waals surface area contributed by atoms with E-state index in [-0.39, 0.29) is 11.7 Å². The molecule has 1 aromatic heterocycles. The third-order valence-corrected chi connectivity index (χ3v) is 3.55. The number of amides is 1. The molecule has 2 N–H and O–H groups in total. The SMILES string of the molecule is Cc1ccc(CCNC(=O)c2ccc(Br)c(O)c2)cn1. The zero-order valence-electron chi connectivity index (χ0n) is 11.1. The van der Waals surface area contributed by atoms with Crippen molar-refractivity contribution in [2.24, 2.45) is 0 Å². The molecule has 0 radical (unpaired) electrons. The molecule has 0 unspecified atom stereocenters. The maximum atomic E-state index is 11.9. The minimum Gasteiger partial charge on any atom is -0.507 e. The Balaban J connectivity index is 1.88. The maximum Gasteiger partial charge on any atom is 0.251 e. The molecular weight excluding hydrogens is 320 g/mol. The van der Waals surface area contributed by atoms with Crippen LogP contribution in [0.1, 0.15) is 21.6 Å². The normalized spacial score (nSPS) is 10.3. The predicted octanol–water partition coefficient (Wildman–Crippen LogP) is 2.83. The van der Waals surface area contributed by atoms with Crippen molar-refractivity contribution in [3.63, 3.8) is 0 Å². The van der Waals surface area contributed by atoms with E-state index in [1.165, 1.54) is 6.07 Å². The molecule has 20 heavy (non-hydrogen) atoms. The van der Waals surface area contributed by atoms with Crippen LogP contribution in [0.5, 0.6) is 5.75 Å². The summed E-state index contributed by atoms with van der Waals surface area (Å²) in [5.74, 6) is -0.145. The lowest BCUT2D eigenvalue weighted by molar-refractivity contribution is 0.0953. The van der Waals surface area contributed by atoms with Gasteiger partial charge in [0.15, 0.2) is 0 Å². The van der Waals surface area contributed by atoms with E-state index in [1.54, 1.807) is 12.1 Å².